The number of carbonyl (C=O) groups excluding carboxylic acids is 2. The highest BCUT2D eigenvalue weighted by molar-refractivity contribution is 6.01. The van der Waals surface area contributed by atoms with E-state index >= 15 is 0 Å². The predicted octanol–water partition coefficient (Wildman–Crippen LogP) is 0.548. The number of rotatable bonds is 3. The van der Waals surface area contributed by atoms with Gasteiger partial charge in [0.25, 0.3) is 5.91 Å². The fourth-order valence-corrected chi connectivity index (χ4v) is 4.52. The van der Waals surface area contributed by atoms with E-state index in [1.807, 2.05) is 18.9 Å². The summed E-state index contributed by atoms with van der Waals surface area (Å²) < 4.78 is 5.38. The lowest BCUT2D eigenvalue weighted by Crippen LogP contribution is -2.67. The van der Waals surface area contributed by atoms with Crippen LogP contribution >= 0.6 is 0 Å². The largest absolute Gasteiger partial charge is 0.379 e. The van der Waals surface area contributed by atoms with Gasteiger partial charge in [0.05, 0.1) is 18.8 Å². The predicted molar refractivity (Wildman–Crippen MR) is 105 cm³/mol. The van der Waals surface area contributed by atoms with Crippen molar-refractivity contribution in [3.8, 4) is 0 Å². The van der Waals surface area contributed by atoms with Crippen LogP contribution in [0.1, 0.15) is 30.1 Å². The van der Waals surface area contributed by atoms with E-state index in [1.54, 1.807) is 18.3 Å². The molecule has 0 aromatic carbocycles. The Labute approximate surface area is 165 Å². The zero-order valence-corrected chi connectivity index (χ0v) is 16.7. The SMILES string of the molecule is CC(CN1CCOCC1)C(=O)N1CCC2(CC1)NC(=O)c1cccnc1N2C. The van der Waals surface area contributed by atoms with Crippen molar-refractivity contribution in [3.05, 3.63) is 23.9 Å². The number of nitrogens with one attached hydrogen (secondary N) is 1. The molecule has 4 heterocycles. The van der Waals surface area contributed by atoms with Crippen molar-refractivity contribution < 1.29 is 14.3 Å². The highest BCUT2D eigenvalue weighted by Gasteiger charge is 2.45. The molecule has 1 aromatic rings. The van der Waals surface area contributed by atoms with E-state index in [9.17, 15) is 9.59 Å². The zero-order chi connectivity index (χ0) is 19.7. The molecule has 4 rings (SSSR count). The van der Waals surface area contributed by atoms with E-state index < -0.39 is 5.66 Å². The van der Waals surface area contributed by atoms with Gasteiger partial charge in [0.15, 0.2) is 0 Å². The molecule has 0 aliphatic carbocycles. The summed E-state index contributed by atoms with van der Waals surface area (Å²) in [6.45, 7) is 7.34. The van der Waals surface area contributed by atoms with Crippen LogP contribution in [0.25, 0.3) is 0 Å². The zero-order valence-electron chi connectivity index (χ0n) is 16.7. The molecule has 2 fully saturated rings. The van der Waals surface area contributed by atoms with Crippen LogP contribution in [-0.4, -0.2) is 85.2 Å². The van der Waals surface area contributed by atoms with Crippen LogP contribution in [0.5, 0.6) is 0 Å². The molecule has 3 aliphatic rings. The second-order valence-corrected chi connectivity index (χ2v) is 8.06. The van der Waals surface area contributed by atoms with Gasteiger partial charge in [-0.1, -0.05) is 6.92 Å². The molecule has 1 aromatic heterocycles. The molecule has 1 spiro atoms. The van der Waals surface area contributed by atoms with E-state index in [-0.39, 0.29) is 17.7 Å². The number of piperidine rings is 1. The van der Waals surface area contributed by atoms with E-state index in [2.05, 4.69) is 20.1 Å². The number of morpholine rings is 1. The minimum atomic E-state index is -0.470. The molecule has 0 saturated carbocycles. The van der Waals surface area contributed by atoms with E-state index in [0.29, 0.717) is 37.3 Å². The summed E-state index contributed by atoms with van der Waals surface area (Å²) >= 11 is 0. The number of anilines is 1. The number of pyridine rings is 1. The number of ether oxygens (including phenoxy) is 1. The van der Waals surface area contributed by atoms with Crippen molar-refractivity contribution in [1.29, 1.82) is 0 Å². The second kappa shape index (κ2) is 7.67. The lowest BCUT2D eigenvalue weighted by Gasteiger charge is -2.50. The fraction of sp³-hybridized carbons (Fsp3) is 0.650. The Morgan fingerprint density at radius 2 is 2.00 bits per heavy atom. The van der Waals surface area contributed by atoms with Crippen LogP contribution in [-0.2, 0) is 9.53 Å². The van der Waals surface area contributed by atoms with Gasteiger partial charge in [-0.3, -0.25) is 14.5 Å². The van der Waals surface area contributed by atoms with Gasteiger partial charge in [-0.15, -0.1) is 0 Å². The van der Waals surface area contributed by atoms with Gasteiger partial charge in [-0.2, -0.15) is 0 Å². The number of amides is 2. The normalized spacial score (nSPS) is 23.3. The molecule has 1 atom stereocenters. The highest BCUT2D eigenvalue weighted by Crippen LogP contribution is 2.35. The summed E-state index contributed by atoms with van der Waals surface area (Å²) in [5.74, 6) is 0.797. The standard InChI is InChI=1S/C20H29N5O3/c1-15(14-24-10-12-28-13-11-24)19(27)25-8-5-20(6-9-25)22-18(26)16-4-3-7-21-17(16)23(20)2/h3-4,7,15H,5-6,8-14H2,1-2H3,(H,22,26). The maximum absolute atomic E-state index is 12.9. The van der Waals surface area contributed by atoms with Crippen LogP contribution in [0, 0.1) is 5.92 Å². The van der Waals surface area contributed by atoms with E-state index in [4.69, 9.17) is 4.74 Å². The molecule has 2 amide bonds. The van der Waals surface area contributed by atoms with Crippen LogP contribution in [0.4, 0.5) is 5.82 Å². The Hall–Kier alpha value is -2.19. The molecule has 8 nitrogen and oxygen atoms in total. The Bertz CT molecular complexity index is 741. The Kier molecular flexibility index (Phi) is 5.25. The number of carbonyl (C=O) groups is 2. The lowest BCUT2D eigenvalue weighted by atomic mass is 9.91. The minimum absolute atomic E-state index is 0.0341. The quantitative estimate of drug-likeness (QED) is 0.816. The summed E-state index contributed by atoms with van der Waals surface area (Å²) in [5, 5.41) is 3.18. The molecule has 2 saturated heterocycles. The first-order valence-electron chi connectivity index (χ1n) is 10.1. The highest BCUT2D eigenvalue weighted by atomic mass is 16.5. The van der Waals surface area contributed by atoms with Crippen molar-refractivity contribution in [1.82, 2.24) is 20.1 Å². The van der Waals surface area contributed by atoms with Crippen LogP contribution < -0.4 is 10.2 Å². The molecule has 0 bridgehead atoms. The van der Waals surface area contributed by atoms with Crippen molar-refractivity contribution >= 4 is 17.6 Å². The van der Waals surface area contributed by atoms with Gasteiger partial charge in [-0.25, -0.2) is 4.98 Å². The van der Waals surface area contributed by atoms with Gasteiger partial charge in [0, 0.05) is 64.7 Å². The molecule has 3 aliphatic heterocycles. The van der Waals surface area contributed by atoms with Gasteiger partial charge in [-0.05, 0) is 12.1 Å². The third-order valence-corrected chi connectivity index (χ3v) is 6.30. The fourth-order valence-electron chi connectivity index (χ4n) is 4.52. The lowest BCUT2D eigenvalue weighted by molar-refractivity contribution is -0.137. The molecular formula is C20H29N5O3. The van der Waals surface area contributed by atoms with Gasteiger partial charge >= 0.3 is 0 Å². The van der Waals surface area contributed by atoms with E-state index in [0.717, 1.165) is 32.8 Å². The summed E-state index contributed by atoms with van der Waals surface area (Å²) in [4.78, 5) is 36.3. The Morgan fingerprint density at radius 3 is 2.71 bits per heavy atom. The second-order valence-electron chi connectivity index (χ2n) is 8.06. The third-order valence-electron chi connectivity index (χ3n) is 6.30. The molecule has 1 unspecified atom stereocenters. The average molecular weight is 387 g/mol. The maximum atomic E-state index is 12.9. The van der Waals surface area contributed by atoms with E-state index in [1.165, 1.54) is 0 Å². The number of hydrogen-bond donors (Lipinski definition) is 1. The molecule has 152 valence electrons. The van der Waals surface area contributed by atoms with Gasteiger partial charge in [0.2, 0.25) is 5.91 Å². The van der Waals surface area contributed by atoms with Crippen molar-refractivity contribution in [2.75, 3.05) is 57.9 Å². The Morgan fingerprint density at radius 1 is 1.29 bits per heavy atom. The topological polar surface area (TPSA) is 78.0 Å². The van der Waals surface area contributed by atoms with Crippen molar-refractivity contribution in [3.63, 3.8) is 0 Å². The van der Waals surface area contributed by atoms with Gasteiger partial charge in [0.1, 0.15) is 11.5 Å². The third kappa shape index (κ3) is 3.46. The van der Waals surface area contributed by atoms with Crippen molar-refractivity contribution in [2.45, 2.75) is 25.4 Å². The van der Waals surface area contributed by atoms with Crippen LogP contribution in [0.3, 0.4) is 0 Å². The summed E-state index contributed by atoms with van der Waals surface area (Å²) in [6.07, 6.45) is 3.11. The average Bonchev–Trinajstić information content (AvgIpc) is 2.73. The monoisotopic (exact) mass is 387 g/mol. The first-order chi connectivity index (χ1) is 13.5. The number of likely N-dealkylation sites (tertiary alicyclic amines) is 1. The smallest absolute Gasteiger partial charge is 0.256 e. The van der Waals surface area contributed by atoms with Crippen LogP contribution in [0.15, 0.2) is 18.3 Å². The maximum Gasteiger partial charge on any atom is 0.256 e. The van der Waals surface area contributed by atoms with Crippen molar-refractivity contribution in [2.24, 2.45) is 5.92 Å². The molecule has 8 heteroatoms. The number of hydrogen-bond acceptors (Lipinski definition) is 6. The summed E-state index contributed by atoms with van der Waals surface area (Å²) in [7, 11) is 1.98. The van der Waals surface area contributed by atoms with Crippen LogP contribution in [0.2, 0.25) is 0 Å². The van der Waals surface area contributed by atoms with Gasteiger partial charge < -0.3 is 19.9 Å². The first kappa shape index (κ1) is 19.1. The molecular weight excluding hydrogens is 358 g/mol. The number of nitrogens with zero attached hydrogens (tertiary/aromatic N) is 4. The number of aromatic nitrogens is 1. The molecule has 0 radical (unpaired) electrons. The number of fused-ring (bicyclic) bond motifs is 1. The first-order valence-corrected chi connectivity index (χ1v) is 10.1. The molecule has 1 N–H and O–H groups in total. The molecule has 28 heavy (non-hydrogen) atoms. The minimum Gasteiger partial charge on any atom is -0.379 e. The summed E-state index contributed by atoms with van der Waals surface area (Å²) in [5.41, 5.74) is 0.135. The Balaban J connectivity index is 1.39. The summed E-state index contributed by atoms with van der Waals surface area (Å²) in [6, 6.07) is 3.58.